The monoisotopic (exact) mass is 394 g/mol. The number of benzene rings is 7. The Morgan fingerprint density at radius 2 is 0.677 bits per heavy atom. The highest BCUT2D eigenvalue weighted by atomic mass is 16.3. The van der Waals surface area contributed by atoms with Crippen molar-refractivity contribution in [2.45, 2.75) is 0 Å². The lowest BCUT2D eigenvalue weighted by Gasteiger charge is -2.09. The van der Waals surface area contributed by atoms with Gasteiger partial charge < -0.3 is 5.11 Å². The summed E-state index contributed by atoms with van der Waals surface area (Å²) in [5.74, 6) is 0.330. The van der Waals surface area contributed by atoms with Crippen LogP contribution >= 0.6 is 0 Å². The van der Waals surface area contributed by atoms with Crippen molar-refractivity contribution in [2.75, 3.05) is 0 Å². The molecule has 0 fully saturated rings. The van der Waals surface area contributed by atoms with Gasteiger partial charge in [0.1, 0.15) is 5.75 Å². The maximum Gasteiger partial charge on any atom is 0.123 e. The minimum atomic E-state index is 0.330. The van der Waals surface area contributed by atoms with Crippen LogP contribution in [0.4, 0.5) is 0 Å². The third kappa shape index (κ3) is 2.50. The van der Waals surface area contributed by atoms with E-state index in [1.807, 2.05) is 6.07 Å². The average molecular weight is 394 g/mol. The molecule has 1 heteroatoms. The second-order valence-corrected chi connectivity index (χ2v) is 8.50. The Kier molecular flexibility index (Phi) is 3.21. The lowest BCUT2D eigenvalue weighted by atomic mass is 9.95. The molecule has 0 aromatic heterocycles. The molecule has 31 heavy (non-hydrogen) atoms. The van der Waals surface area contributed by atoms with Crippen LogP contribution in [0.5, 0.6) is 5.75 Å². The molecule has 0 saturated heterocycles. The molecule has 7 aromatic carbocycles. The van der Waals surface area contributed by atoms with Gasteiger partial charge in [0.25, 0.3) is 0 Å². The van der Waals surface area contributed by atoms with E-state index in [0.29, 0.717) is 5.75 Å². The Morgan fingerprint density at radius 1 is 0.323 bits per heavy atom. The summed E-state index contributed by atoms with van der Waals surface area (Å²) in [7, 11) is 0. The summed E-state index contributed by atoms with van der Waals surface area (Å²) in [6, 6.07) is 36.7. The average Bonchev–Trinajstić information content (AvgIpc) is 2.78. The molecule has 0 spiro atoms. The molecule has 0 unspecified atom stereocenters. The van der Waals surface area contributed by atoms with E-state index in [1.165, 1.54) is 48.5 Å². The molecule has 1 N–H and O–H groups in total. The molecule has 0 aliphatic rings. The van der Waals surface area contributed by atoms with Gasteiger partial charge in [0, 0.05) is 5.39 Å². The Balaban J connectivity index is 1.54. The van der Waals surface area contributed by atoms with E-state index in [1.54, 1.807) is 6.07 Å². The van der Waals surface area contributed by atoms with Crippen LogP contribution in [0.1, 0.15) is 0 Å². The van der Waals surface area contributed by atoms with E-state index in [4.69, 9.17) is 0 Å². The lowest BCUT2D eigenvalue weighted by molar-refractivity contribution is 0.481. The van der Waals surface area contributed by atoms with Crippen LogP contribution in [0, 0.1) is 0 Å². The summed E-state index contributed by atoms with van der Waals surface area (Å²) >= 11 is 0. The largest absolute Gasteiger partial charge is 0.507 e. The maximum absolute atomic E-state index is 10.3. The Morgan fingerprint density at radius 3 is 1.16 bits per heavy atom. The molecular weight excluding hydrogens is 376 g/mol. The van der Waals surface area contributed by atoms with Gasteiger partial charge in [-0.05, 0) is 126 Å². The van der Waals surface area contributed by atoms with Crippen molar-refractivity contribution < 1.29 is 5.11 Å². The van der Waals surface area contributed by atoms with Crippen LogP contribution in [-0.4, -0.2) is 5.11 Å². The van der Waals surface area contributed by atoms with Gasteiger partial charge in [-0.3, -0.25) is 0 Å². The first-order valence-electron chi connectivity index (χ1n) is 10.6. The quantitative estimate of drug-likeness (QED) is 0.256. The van der Waals surface area contributed by atoms with Crippen LogP contribution in [-0.2, 0) is 0 Å². The van der Waals surface area contributed by atoms with Crippen molar-refractivity contribution in [1.29, 1.82) is 0 Å². The summed E-state index contributed by atoms with van der Waals surface area (Å²) < 4.78 is 0. The van der Waals surface area contributed by atoms with E-state index in [0.717, 1.165) is 16.2 Å². The first-order chi connectivity index (χ1) is 15.2. The fraction of sp³-hybridized carbons (Fsp3) is 0. The van der Waals surface area contributed by atoms with Crippen molar-refractivity contribution in [1.82, 2.24) is 0 Å². The van der Waals surface area contributed by atoms with E-state index in [9.17, 15) is 5.11 Å². The van der Waals surface area contributed by atoms with Crippen molar-refractivity contribution in [3.63, 3.8) is 0 Å². The topological polar surface area (TPSA) is 20.2 Å². The Bertz CT molecular complexity index is 1840. The number of fused-ring (bicyclic) bond motifs is 6. The first kappa shape index (κ1) is 16.7. The molecular formula is C30H18O. The van der Waals surface area contributed by atoms with Crippen molar-refractivity contribution in [2.24, 2.45) is 0 Å². The van der Waals surface area contributed by atoms with E-state index in [-0.39, 0.29) is 0 Å². The predicted octanol–water partition coefficient (Wildman–Crippen LogP) is 8.31. The molecule has 0 aliphatic heterocycles. The summed E-state index contributed by atoms with van der Waals surface area (Å²) in [6.07, 6.45) is 0. The number of hydrogen-bond acceptors (Lipinski definition) is 1. The highest BCUT2D eigenvalue weighted by Gasteiger charge is 2.07. The second-order valence-electron chi connectivity index (χ2n) is 8.50. The molecule has 0 radical (unpaired) electrons. The zero-order valence-electron chi connectivity index (χ0n) is 16.8. The van der Waals surface area contributed by atoms with Gasteiger partial charge in [-0.2, -0.15) is 0 Å². The smallest absolute Gasteiger partial charge is 0.123 e. The molecule has 0 bridgehead atoms. The SMILES string of the molecule is Oc1cccc2cc3cc4cc5cc6cc7ccccc7cc6cc5cc4cc3cc12. The zero-order chi connectivity index (χ0) is 20.5. The minimum Gasteiger partial charge on any atom is -0.507 e. The van der Waals surface area contributed by atoms with E-state index in [2.05, 4.69) is 91.0 Å². The second kappa shape index (κ2) is 5.96. The Hall–Kier alpha value is -4.10. The fourth-order valence-corrected chi connectivity index (χ4v) is 4.96. The van der Waals surface area contributed by atoms with E-state index >= 15 is 0 Å². The molecule has 1 nitrogen and oxygen atoms in total. The van der Waals surface area contributed by atoms with Crippen LogP contribution in [0.3, 0.4) is 0 Å². The van der Waals surface area contributed by atoms with Gasteiger partial charge >= 0.3 is 0 Å². The van der Waals surface area contributed by atoms with Crippen LogP contribution in [0.25, 0.3) is 64.6 Å². The number of phenolic OH excluding ortho intramolecular Hbond substituents is 1. The van der Waals surface area contributed by atoms with Gasteiger partial charge in [0.15, 0.2) is 0 Å². The molecule has 7 aromatic rings. The van der Waals surface area contributed by atoms with Gasteiger partial charge in [0.05, 0.1) is 0 Å². The normalized spacial score (nSPS) is 12.0. The first-order valence-corrected chi connectivity index (χ1v) is 10.6. The summed E-state index contributed by atoms with van der Waals surface area (Å²) in [5, 5.41) is 24.6. The van der Waals surface area contributed by atoms with Crippen molar-refractivity contribution >= 4 is 64.6 Å². The summed E-state index contributed by atoms with van der Waals surface area (Å²) in [5.41, 5.74) is 0. The highest BCUT2D eigenvalue weighted by molar-refractivity contribution is 6.11. The number of rotatable bonds is 0. The minimum absolute atomic E-state index is 0.330. The predicted molar refractivity (Wildman–Crippen MR) is 133 cm³/mol. The fourth-order valence-electron chi connectivity index (χ4n) is 4.96. The molecule has 0 amide bonds. The number of hydrogen-bond donors (Lipinski definition) is 1. The molecule has 0 heterocycles. The zero-order valence-corrected chi connectivity index (χ0v) is 16.8. The maximum atomic E-state index is 10.3. The van der Waals surface area contributed by atoms with Gasteiger partial charge in [0.2, 0.25) is 0 Å². The standard InChI is InChI=1S/C30H18O/c31-30-7-3-6-20-10-23-13-26-14-24-11-21-8-18-4-1-2-5-19(18)9-22(21)12-25(24)15-27(26)16-28(23)17-29(20)30/h1-17,31H. The Labute approximate surface area is 178 Å². The number of phenols is 1. The van der Waals surface area contributed by atoms with Crippen molar-refractivity contribution in [3.8, 4) is 5.75 Å². The van der Waals surface area contributed by atoms with Crippen molar-refractivity contribution in [3.05, 3.63) is 103 Å². The third-order valence-corrected chi connectivity index (χ3v) is 6.55. The van der Waals surface area contributed by atoms with Gasteiger partial charge in [-0.25, -0.2) is 0 Å². The summed E-state index contributed by atoms with van der Waals surface area (Å²) in [4.78, 5) is 0. The number of aromatic hydroxyl groups is 1. The van der Waals surface area contributed by atoms with Gasteiger partial charge in [-0.1, -0.05) is 36.4 Å². The highest BCUT2D eigenvalue weighted by Crippen LogP contribution is 2.34. The lowest BCUT2D eigenvalue weighted by Crippen LogP contribution is -1.82. The molecule has 7 rings (SSSR count). The van der Waals surface area contributed by atoms with Crippen LogP contribution in [0.2, 0.25) is 0 Å². The molecule has 0 aliphatic carbocycles. The molecule has 144 valence electrons. The van der Waals surface area contributed by atoms with Crippen LogP contribution in [0.15, 0.2) is 103 Å². The third-order valence-electron chi connectivity index (χ3n) is 6.55. The van der Waals surface area contributed by atoms with Crippen LogP contribution < -0.4 is 0 Å². The summed E-state index contributed by atoms with van der Waals surface area (Å²) in [6.45, 7) is 0. The van der Waals surface area contributed by atoms with Gasteiger partial charge in [-0.15, -0.1) is 0 Å². The van der Waals surface area contributed by atoms with E-state index < -0.39 is 0 Å². The molecule has 0 atom stereocenters. The molecule has 0 saturated carbocycles.